The number of nitrogens with one attached hydrogen (secondary N) is 3. The zero-order valence-electron chi connectivity index (χ0n) is 22.0. The van der Waals surface area contributed by atoms with Crippen LogP contribution in [0.5, 0.6) is 0 Å². The Hall–Kier alpha value is -3.89. The van der Waals surface area contributed by atoms with Crippen molar-refractivity contribution >= 4 is 35.7 Å². The third kappa shape index (κ3) is 9.42. The van der Waals surface area contributed by atoms with E-state index in [-0.39, 0.29) is 13.1 Å². The van der Waals surface area contributed by atoms with Gasteiger partial charge in [0, 0.05) is 0 Å². The molecule has 0 heterocycles. The van der Waals surface area contributed by atoms with Gasteiger partial charge in [0.1, 0.15) is 6.61 Å². The van der Waals surface area contributed by atoms with E-state index in [0.29, 0.717) is 26.4 Å². The molecule has 3 atom stereocenters. The summed E-state index contributed by atoms with van der Waals surface area (Å²) in [6.07, 6.45) is -0.388. The van der Waals surface area contributed by atoms with Crippen LogP contribution in [0, 0.1) is 0 Å². The molecule has 9 nitrogen and oxygen atoms in total. The number of hydrogen-bond donors (Lipinski definition) is 4. The van der Waals surface area contributed by atoms with Gasteiger partial charge >= 0.3 is 186 Å². The van der Waals surface area contributed by atoms with Crippen LogP contribution < -0.4 is 16.0 Å². The number of rotatable bonds is 15. The van der Waals surface area contributed by atoms with Crippen LogP contribution in [-0.2, 0) is 36.9 Å². The van der Waals surface area contributed by atoms with Crippen molar-refractivity contribution in [2.75, 3.05) is 13.0 Å². The summed E-state index contributed by atoms with van der Waals surface area (Å²) in [5.74, 6) is -1.89. The standard InChI is InChI=1S/C29H34BN3O6/c1-2-8-24(27(35)29(37)31-17-26(34)39-18-20-9-4-3-5-10-20)33-28(36)25(32-19-30-38)16-21-13-14-22-11-6-7-12-23(22)15-21/h3-7,9-15,24-25,27,32,35H,2,8,16-19H2,1H3,(H,31,37)(H,33,36)/t24?,25-,27?/m0/s1. The first-order chi connectivity index (χ1) is 18.9. The Labute approximate surface area is 228 Å². The minimum absolute atomic E-state index is 0.0295. The Bertz CT molecular complexity index is 1260. The Morgan fingerprint density at radius 2 is 1.64 bits per heavy atom. The van der Waals surface area contributed by atoms with E-state index in [4.69, 9.17) is 4.74 Å². The topological polar surface area (TPSA) is 134 Å². The molecule has 2 unspecified atom stereocenters. The summed E-state index contributed by atoms with van der Waals surface area (Å²) in [6.45, 7) is 1.52. The monoisotopic (exact) mass is 531 g/mol. The molecule has 0 spiro atoms. The van der Waals surface area contributed by atoms with E-state index in [1.54, 1.807) is 0 Å². The van der Waals surface area contributed by atoms with Crippen molar-refractivity contribution in [1.82, 2.24) is 16.0 Å². The van der Waals surface area contributed by atoms with Crippen LogP contribution in [0.25, 0.3) is 10.8 Å². The molecule has 0 radical (unpaired) electrons. The predicted octanol–water partition coefficient (Wildman–Crippen LogP) is 1.85. The average Bonchev–Trinajstić information content (AvgIpc) is 2.96. The quantitative estimate of drug-likeness (QED) is 0.174. The van der Waals surface area contributed by atoms with Crippen molar-refractivity contribution in [3.63, 3.8) is 0 Å². The normalized spacial score (nSPS) is 13.1. The van der Waals surface area contributed by atoms with E-state index < -0.39 is 42.5 Å². The van der Waals surface area contributed by atoms with Gasteiger partial charge in [-0.05, 0) is 5.56 Å². The van der Waals surface area contributed by atoms with E-state index in [1.165, 1.54) is 0 Å². The number of aliphatic hydroxyl groups is 1. The van der Waals surface area contributed by atoms with Crippen molar-refractivity contribution in [1.29, 1.82) is 0 Å². The van der Waals surface area contributed by atoms with Crippen LogP contribution in [0.1, 0.15) is 30.9 Å². The number of fused-ring (bicyclic) bond motifs is 1. The van der Waals surface area contributed by atoms with Gasteiger partial charge in [-0.25, -0.2) is 0 Å². The van der Waals surface area contributed by atoms with Gasteiger partial charge in [0.15, 0.2) is 0 Å². The fraction of sp³-hybridized carbons (Fsp3) is 0.345. The first-order valence-electron chi connectivity index (χ1n) is 13.0. The summed E-state index contributed by atoms with van der Waals surface area (Å²) >= 11 is 0. The number of benzene rings is 3. The minimum atomic E-state index is -1.58. The van der Waals surface area contributed by atoms with E-state index in [9.17, 15) is 24.2 Å². The van der Waals surface area contributed by atoms with Crippen molar-refractivity contribution in [2.24, 2.45) is 0 Å². The van der Waals surface area contributed by atoms with Crippen LogP contribution in [0.4, 0.5) is 0 Å². The molecule has 0 aliphatic heterocycles. The third-order valence-corrected chi connectivity index (χ3v) is 6.24. The number of aliphatic hydroxyl groups excluding tert-OH is 1. The molecular weight excluding hydrogens is 497 g/mol. The van der Waals surface area contributed by atoms with Gasteiger partial charge in [-0.1, -0.05) is 30.3 Å². The van der Waals surface area contributed by atoms with Crippen LogP contribution in [0.3, 0.4) is 0 Å². The fourth-order valence-corrected chi connectivity index (χ4v) is 4.19. The molecule has 2 amide bonds. The molecule has 3 aromatic rings. The summed E-state index contributed by atoms with van der Waals surface area (Å²) in [4.78, 5) is 37.8. The molecule has 204 valence electrons. The molecular formula is C29H34BN3O6. The Kier molecular flexibility index (Phi) is 11.8. The number of amides is 2. The average molecular weight is 531 g/mol. The Balaban J connectivity index is 1.58. The van der Waals surface area contributed by atoms with Gasteiger partial charge in [-0.2, -0.15) is 0 Å². The zero-order valence-corrected chi connectivity index (χ0v) is 22.0. The molecule has 3 aromatic carbocycles. The predicted molar refractivity (Wildman–Crippen MR) is 148 cm³/mol. The van der Waals surface area contributed by atoms with Gasteiger partial charge in [0.2, 0.25) is 0 Å². The zero-order chi connectivity index (χ0) is 28.0. The van der Waals surface area contributed by atoms with Crippen LogP contribution in [0.2, 0.25) is 0 Å². The molecule has 0 bridgehead atoms. The van der Waals surface area contributed by atoms with E-state index in [2.05, 4.69) is 16.0 Å². The van der Waals surface area contributed by atoms with Crippen LogP contribution in [-0.4, -0.2) is 61.2 Å². The van der Waals surface area contributed by atoms with Crippen molar-refractivity contribution < 1.29 is 28.9 Å². The van der Waals surface area contributed by atoms with Crippen molar-refractivity contribution in [3.05, 3.63) is 83.9 Å². The van der Waals surface area contributed by atoms with Gasteiger partial charge in [0.05, 0.1) is 0 Å². The molecule has 0 saturated carbocycles. The second kappa shape index (κ2) is 15.5. The van der Waals surface area contributed by atoms with Crippen molar-refractivity contribution in [3.8, 4) is 0 Å². The van der Waals surface area contributed by atoms with Crippen LogP contribution >= 0.6 is 0 Å². The summed E-state index contributed by atoms with van der Waals surface area (Å²) < 4.78 is 16.2. The Morgan fingerprint density at radius 3 is 2.36 bits per heavy atom. The number of carbonyl (C=O) groups excluding carboxylic acids is 3. The molecule has 0 aromatic heterocycles. The first-order valence-corrected chi connectivity index (χ1v) is 13.0. The van der Waals surface area contributed by atoms with Gasteiger partial charge in [-0.3, -0.25) is 0 Å². The molecule has 3 rings (SSSR count). The molecule has 0 fully saturated rings. The number of ether oxygens (including phenoxy) is 1. The maximum atomic E-state index is 13.2. The summed E-state index contributed by atoms with van der Waals surface area (Å²) in [5, 5.41) is 20.8. The number of hydrogen-bond acceptors (Lipinski definition) is 7. The second-order valence-corrected chi connectivity index (χ2v) is 9.23. The van der Waals surface area contributed by atoms with Gasteiger partial charge in [0.25, 0.3) is 0 Å². The van der Waals surface area contributed by atoms with E-state index >= 15 is 0 Å². The molecule has 0 aliphatic carbocycles. The second-order valence-electron chi connectivity index (χ2n) is 9.23. The van der Waals surface area contributed by atoms with E-state index in [0.717, 1.165) is 21.9 Å². The van der Waals surface area contributed by atoms with Gasteiger partial charge < -0.3 is 0 Å². The number of carbonyl (C=O) groups is 3. The van der Waals surface area contributed by atoms with Crippen molar-refractivity contribution in [2.45, 2.75) is 51.0 Å². The van der Waals surface area contributed by atoms with E-state index in [1.807, 2.05) is 79.7 Å². The molecule has 39 heavy (non-hydrogen) atoms. The number of esters is 1. The third-order valence-electron chi connectivity index (χ3n) is 6.24. The summed E-state index contributed by atoms with van der Waals surface area (Å²) in [6, 6.07) is 21.2. The summed E-state index contributed by atoms with van der Waals surface area (Å²) in [7, 11) is 0.670. The van der Waals surface area contributed by atoms with Gasteiger partial charge in [-0.15, -0.1) is 0 Å². The summed E-state index contributed by atoms with van der Waals surface area (Å²) in [5.41, 5.74) is 1.70. The minimum Gasteiger partial charge on any atom is -0.0622 e. The first kappa shape index (κ1) is 29.7. The molecule has 4 N–H and O–H groups in total. The molecule has 10 heteroatoms. The van der Waals surface area contributed by atoms with Crippen LogP contribution in [0.15, 0.2) is 72.8 Å². The fourth-order valence-electron chi connectivity index (χ4n) is 4.19. The Morgan fingerprint density at radius 1 is 0.923 bits per heavy atom. The molecule has 0 aliphatic rings. The SMILES string of the molecule is CCCC(NC(=O)[C@H](Cc1ccc2ccccc2c1)NCB=O)C(O)C(=O)NCC(=O)OCc1ccccc1. The smallest absolute Gasteiger partial charge is 0.0622 e. The maximum absolute atomic E-state index is 13.2. The molecule has 0 saturated heterocycles.